The fourth-order valence-electron chi connectivity index (χ4n) is 2.78. The van der Waals surface area contributed by atoms with Gasteiger partial charge in [-0.15, -0.1) is 5.10 Å². The third-order valence-corrected chi connectivity index (χ3v) is 5.05. The summed E-state index contributed by atoms with van der Waals surface area (Å²) >= 11 is 1.23. The van der Waals surface area contributed by atoms with Crippen molar-refractivity contribution >= 4 is 23.4 Å². The lowest BCUT2D eigenvalue weighted by atomic mass is 10.2. The van der Waals surface area contributed by atoms with Gasteiger partial charge in [-0.2, -0.15) is 5.26 Å². The number of nitriles is 1. The van der Waals surface area contributed by atoms with Crippen molar-refractivity contribution in [1.82, 2.24) is 20.2 Å². The molecule has 142 valence electrons. The topological polar surface area (TPSA) is 96.9 Å². The number of halogens is 1. The Kier molecular flexibility index (Phi) is 6.73. The van der Waals surface area contributed by atoms with Crippen molar-refractivity contribution in [2.75, 3.05) is 23.8 Å². The first-order chi connectivity index (χ1) is 13.2. The fraction of sp³-hybridized carbons (Fsp3) is 0.471. The average molecular weight is 390 g/mol. The molecule has 10 heteroatoms. The second-order valence-electron chi connectivity index (χ2n) is 6.00. The maximum atomic E-state index is 13.2. The molecule has 3 rings (SSSR count). The molecule has 27 heavy (non-hydrogen) atoms. The van der Waals surface area contributed by atoms with E-state index in [0.29, 0.717) is 17.4 Å². The number of thioether (sulfide) groups is 1. The first kappa shape index (κ1) is 19.3. The maximum Gasteiger partial charge on any atom is 0.237 e. The maximum absolute atomic E-state index is 13.2. The predicted octanol–water partition coefficient (Wildman–Crippen LogP) is 2.03. The summed E-state index contributed by atoms with van der Waals surface area (Å²) in [6.45, 7) is 1.54. The van der Waals surface area contributed by atoms with Crippen LogP contribution in [0.4, 0.5) is 10.1 Å². The molecule has 2 heterocycles. The van der Waals surface area contributed by atoms with Crippen molar-refractivity contribution < 1.29 is 13.9 Å². The normalized spacial score (nSPS) is 16.2. The van der Waals surface area contributed by atoms with E-state index < -0.39 is 0 Å². The van der Waals surface area contributed by atoms with Crippen molar-refractivity contribution in [2.45, 2.75) is 37.1 Å². The molecule has 0 saturated carbocycles. The van der Waals surface area contributed by atoms with Crippen LogP contribution < -0.4 is 4.90 Å². The van der Waals surface area contributed by atoms with Crippen LogP contribution in [-0.2, 0) is 16.1 Å². The smallest absolute Gasteiger partial charge is 0.237 e. The highest BCUT2D eigenvalue weighted by atomic mass is 32.2. The highest BCUT2D eigenvalue weighted by Crippen LogP contribution is 2.21. The zero-order chi connectivity index (χ0) is 19.1. The molecule has 0 bridgehead atoms. The van der Waals surface area contributed by atoms with Crippen LogP contribution in [0.5, 0.6) is 0 Å². The van der Waals surface area contributed by atoms with Gasteiger partial charge in [0, 0.05) is 18.8 Å². The predicted molar refractivity (Wildman–Crippen MR) is 96.5 cm³/mol. The summed E-state index contributed by atoms with van der Waals surface area (Å²) in [5, 5.41) is 21.0. The molecule has 1 fully saturated rings. The molecular formula is C17H19FN6O2S. The Labute approximate surface area is 160 Å². The number of carbonyl (C=O) groups excluding carboxylic acids is 1. The molecule has 2 aromatic rings. The largest absolute Gasteiger partial charge is 0.376 e. The van der Waals surface area contributed by atoms with Gasteiger partial charge in [0.15, 0.2) is 0 Å². The quantitative estimate of drug-likeness (QED) is 0.636. The van der Waals surface area contributed by atoms with E-state index in [-0.39, 0.29) is 36.5 Å². The van der Waals surface area contributed by atoms with Crippen molar-refractivity contribution in [1.29, 1.82) is 5.26 Å². The van der Waals surface area contributed by atoms with Crippen LogP contribution in [0.25, 0.3) is 0 Å². The zero-order valence-corrected chi connectivity index (χ0v) is 15.4. The molecule has 1 aliphatic heterocycles. The Morgan fingerprint density at radius 3 is 2.96 bits per heavy atom. The molecule has 1 aromatic carbocycles. The molecule has 1 atom stereocenters. The van der Waals surface area contributed by atoms with Gasteiger partial charge in [0.2, 0.25) is 11.1 Å². The second kappa shape index (κ2) is 9.43. The van der Waals surface area contributed by atoms with E-state index in [1.807, 2.05) is 6.07 Å². The number of nitrogens with zero attached hydrogens (tertiary/aromatic N) is 6. The fourth-order valence-corrected chi connectivity index (χ4v) is 3.54. The highest BCUT2D eigenvalue weighted by molar-refractivity contribution is 7.99. The molecular weight excluding hydrogens is 371 g/mol. The standard InChI is InChI=1S/C17H19FN6O2S/c18-13-4-6-14(7-5-13)23(9-2-8-19)16(25)12-27-17-20-21-22-24(17)11-15-3-1-10-26-15/h4-7,15H,1-3,9-12H2/t15-/m0/s1. The van der Waals surface area contributed by atoms with Crippen molar-refractivity contribution in [3.8, 4) is 6.07 Å². The number of rotatable bonds is 8. The lowest BCUT2D eigenvalue weighted by Gasteiger charge is -2.21. The molecule has 1 aromatic heterocycles. The molecule has 0 radical (unpaired) electrons. The molecule has 1 aliphatic rings. The minimum Gasteiger partial charge on any atom is -0.376 e. The molecule has 0 N–H and O–H groups in total. The van der Waals surface area contributed by atoms with Gasteiger partial charge in [-0.3, -0.25) is 4.79 Å². The number of carbonyl (C=O) groups is 1. The molecule has 8 nitrogen and oxygen atoms in total. The van der Waals surface area contributed by atoms with E-state index in [1.54, 1.807) is 4.68 Å². The number of ether oxygens (including phenoxy) is 1. The second-order valence-corrected chi connectivity index (χ2v) is 6.94. The number of anilines is 1. The number of hydrogen-bond donors (Lipinski definition) is 0. The Morgan fingerprint density at radius 1 is 1.44 bits per heavy atom. The molecule has 0 spiro atoms. The zero-order valence-electron chi connectivity index (χ0n) is 14.6. The van der Waals surface area contributed by atoms with Crippen LogP contribution in [0, 0.1) is 17.1 Å². The molecule has 0 unspecified atom stereocenters. The van der Waals surface area contributed by atoms with Gasteiger partial charge >= 0.3 is 0 Å². The Morgan fingerprint density at radius 2 is 2.26 bits per heavy atom. The van der Waals surface area contributed by atoms with Crippen LogP contribution >= 0.6 is 11.8 Å². The van der Waals surface area contributed by atoms with Crippen LogP contribution in [0.3, 0.4) is 0 Å². The van der Waals surface area contributed by atoms with E-state index in [9.17, 15) is 9.18 Å². The van der Waals surface area contributed by atoms with Crippen LogP contribution in [0.2, 0.25) is 0 Å². The van der Waals surface area contributed by atoms with Crippen LogP contribution in [-0.4, -0.2) is 51.1 Å². The monoisotopic (exact) mass is 390 g/mol. The number of amides is 1. The molecule has 0 aliphatic carbocycles. The average Bonchev–Trinajstić information content (AvgIpc) is 3.34. The first-order valence-electron chi connectivity index (χ1n) is 8.61. The van der Waals surface area contributed by atoms with Crippen molar-refractivity contribution in [3.63, 3.8) is 0 Å². The Hall–Kier alpha value is -2.51. The van der Waals surface area contributed by atoms with Gasteiger partial charge in [-0.1, -0.05) is 11.8 Å². The van der Waals surface area contributed by atoms with Crippen molar-refractivity contribution in [3.05, 3.63) is 30.1 Å². The highest BCUT2D eigenvalue weighted by Gasteiger charge is 2.21. The van der Waals surface area contributed by atoms with Crippen LogP contribution in [0.1, 0.15) is 19.3 Å². The number of aromatic nitrogens is 4. The molecule has 1 saturated heterocycles. The van der Waals surface area contributed by atoms with E-state index >= 15 is 0 Å². The van der Waals surface area contributed by atoms with E-state index in [0.717, 1.165) is 19.4 Å². The van der Waals surface area contributed by atoms with Gasteiger partial charge in [0.05, 0.1) is 30.9 Å². The van der Waals surface area contributed by atoms with E-state index in [4.69, 9.17) is 10.00 Å². The Bertz CT molecular complexity index is 801. The van der Waals surface area contributed by atoms with Crippen molar-refractivity contribution in [2.24, 2.45) is 0 Å². The van der Waals surface area contributed by atoms with E-state index in [1.165, 1.54) is 40.9 Å². The third kappa shape index (κ3) is 5.24. The van der Waals surface area contributed by atoms with Gasteiger partial charge in [0.25, 0.3) is 0 Å². The lowest BCUT2D eigenvalue weighted by Crippen LogP contribution is -2.33. The summed E-state index contributed by atoms with van der Waals surface area (Å²) in [5.74, 6) is -0.475. The first-order valence-corrected chi connectivity index (χ1v) is 9.59. The minimum absolute atomic E-state index is 0.0925. The van der Waals surface area contributed by atoms with Gasteiger partial charge in [0.1, 0.15) is 5.82 Å². The lowest BCUT2D eigenvalue weighted by molar-refractivity contribution is -0.116. The van der Waals surface area contributed by atoms with Gasteiger partial charge in [-0.25, -0.2) is 9.07 Å². The number of tetrazole rings is 1. The summed E-state index contributed by atoms with van der Waals surface area (Å²) in [7, 11) is 0. The van der Waals surface area contributed by atoms with Gasteiger partial charge < -0.3 is 9.64 Å². The number of benzene rings is 1. The van der Waals surface area contributed by atoms with Gasteiger partial charge in [-0.05, 0) is 47.5 Å². The summed E-state index contributed by atoms with van der Waals surface area (Å²) in [5.41, 5.74) is 0.552. The molecule has 1 amide bonds. The third-order valence-electron chi connectivity index (χ3n) is 4.11. The SMILES string of the molecule is N#CCCN(C(=O)CSc1nnnn1C[C@@H]1CCCO1)c1ccc(F)cc1. The van der Waals surface area contributed by atoms with Crippen LogP contribution in [0.15, 0.2) is 29.4 Å². The summed E-state index contributed by atoms with van der Waals surface area (Å²) in [6.07, 6.45) is 2.27. The summed E-state index contributed by atoms with van der Waals surface area (Å²) in [6, 6.07) is 7.66. The minimum atomic E-state index is -0.380. The Balaban J connectivity index is 1.63. The van der Waals surface area contributed by atoms with E-state index in [2.05, 4.69) is 15.5 Å². The number of hydrogen-bond acceptors (Lipinski definition) is 7. The summed E-state index contributed by atoms with van der Waals surface area (Å²) in [4.78, 5) is 14.2. The summed E-state index contributed by atoms with van der Waals surface area (Å²) < 4.78 is 20.4.